The number of carboxylic acids is 1. The van der Waals surface area contributed by atoms with Gasteiger partial charge in [-0.1, -0.05) is 33.3 Å². The van der Waals surface area contributed by atoms with Gasteiger partial charge in [-0.3, -0.25) is 4.79 Å². The molecule has 0 aliphatic heterocycles. The van der Waals surface area contributed by atoms with Gasteiger partial charge in [0, 0.05) is 4.47 Å². The normalized spacial score (nSPS) is 12.1. The molecule has 0 bridgehead atoms. The number of aromatic nitrogens is 2. The third-order valence-corrected chi connectivity index (χ3v) is 6.51. The van der Waals surface area contributed by atoms with E-state index in [4.69, 9.17) is 14.6 Å². The molecule has 30 heavy (non-hydrogen) atoms. The fraction of sp³-hybridized carbons (Fsp3) is 0.190. The first-order valence-electron chi connectivity index (χ1n) is 8.95. The van der Waals surface area contributed by atoms with E-state index in [1.807, 2.05) is 26.0 Å². The molecule has 0 unspecified atom stereocenters. The van der Waals surface area contributed by atoms with E-state index < -0.39 is 12.6 Å². The van der Waals surface area contributed by atoms with Gasteiger partial charge >= 0.3 is 5.97 Å². The maximum Gasteiger partial charge on any atom is 0.341 e. The van der Waals surface area contributed by atoms with Gasteiger partial charge in [0.1, 0.15) is 0 Å². The Hall–Kier alpha value is -2.91. The number of methoxy groups -OCH3 is 1. The number of rotatable bonds is 5. The summed E-state index contributed by atoms with van der Waals surface area (Å²) in [5.41, 5.74) is 4.40. The number of hydrogen-bond acceptors (Lipinski definition) is 6. The molecule has 4 rings (SSSR count). The number of benzene rings is 2. The number of carbonyl (C=O) groups is 1. The molecule has 0 fully saturated rings. The van der Waals surface area contributed by atoms with Crippen LogP contribution in [0.5, 0.6) is 11.5 Å². The molecule has 2 heterocycles. The molecule has 0 aliphatic rings. The highest BCUT2D eigenvalue weighted by Crippen LogP contribution is 2.34. The Bertz CT molecular complexity index is 1420. The number of fused-ring (bicyclic) bond motifs is 3. The van der Waals surface area contributed by atoms with Crippen LogP contribution in [0.4, 0.5) is 0 Å². The molecule has 9 heteroatoms. The number of imidazole rings is 1. The van der Waals surface area contributed by atoms with Crippen LogP contribution in [-0.2, 0) is 4.79 Å². The van der Waals surface area contributed by atoms with E-state index >= 15 is 0 Å². The van der Waals surface area contributed by atoms with Crippen molar-refractivity contribution in [2.45, 2.75) is 13.8 Å². The molecule has 7 nitrogen and oxygen atoms in total. The van der Waals surface area contributed by atoms with Gasteiger partial charge in [0.25, 0.3) is 5.56 Å². The maximum atomic E-state index is 13.1. The van der Waals surface area contributed by atoms with Crippen LogP contribution in [0.15, 0.2) is 33.5 Å². The van der Waals surface area contributed by atoms with Crippen LogP contribution in [0.1, 0.15) is 16.7 Å². The van der Waals surface area contributed by atoms with Crippen molar-refractivity contribution in [3.05, 3.63) is 60.3 Å². The summed E-state index contributed by atoms with van der Waals surface area (Å²) in [5, 5.41) is 8.82. The highest BCUT2D eigenvalue weighted by Gasteiger charge is 2.15. The molecule has 4 aromatic rings. The van der Waals surface area contributed by atoms with Gasteiger partial charge in [0.15, 0.2) is 23.1 Å². The van der Waals surface area contributed by atoms with Gasteiger partial charge in [-0.25, -0.2) is 14.2 Å². The molecule has 2 aromatic heterocycles. The number of ether oxygens (including phenoxy) is 2. The second-order valence-corrected chi connectivity index (χ2v) is 8.59. The standard InChI is InChI=1S/C21H17BrN2O5S/c1-10-4-5-14-19(11(10)2)23-21-24(14)20(27)17(30-21)7-12-6-15(28-3)16(8-13(12)22)29-9-18(25)26/h4-8H,9H2,1-3H3,(H,25,26). The summed E-state index contributed by atoms with van der Waals surface area (Å²) in [5.74, 6) is -0.417. The molecule has 2 aromatic carbocycles. The zero-order valence-electron chi connectivity index (χ0n) is 16.4. The smallest absolute Gasteiger partial charge is 0.341 e. The topological polar surface area (TPSA) is 90.1 Å². The van der Waals surface area contributed by atoms with Crippen LogP contribution >= 0.6 is 27.3 Å². The molecule has 0 amide bonds. The fourth-order valence-electron chi connectivity index (χ4n) is 3.18. The van der Waals surface area contributed by atoms with E-state index in [0.29, 0.717) is 31.0 Å². The van der Waals surface area contributed by atoms with E-state index in [-0.39, 0.29) is 5.56 Å². The van der Waals surface area contributed by atoms with E-state index in [1.165, 1.54) is 18.4 Å². The average Bonchev–Trinajstić information content (AvgIpc) is 3.22. The van der Waals surface area contributed by atoms with Crippen molar-refractivity contribution in [1.29, 1.82) is 0 Å². The number of hydrogen-bond donors (Lipinski definition) is 1. The van der Waals surface area contributed by atoms with Crippen molar-refractivity contribution in [1.82, 2.24) is 9.38 Å². The van der Waals surface area contributed by atoms with Crippen molar-refractivity contribution in [2.24, 2.45) is 0 Å². The number of thiazole rings is 1. The van der Waals surface area contributed by atoms with Crippen molar-refractivity contribution in [3.8, 4) is 11.5 Å². The van der Waals surface area contributed by atoms with Gasteiger partial charge < -0.3 is 14.6 Å². The van der Waals surface area contributed by atoms with Crippen LogP contribution in [-0.4, -0.2) is 34.2 Å². The molecular weight excluding hydrogens is 472 g/mol. The Morgan fingerprint density at radius 3 is 2.77 bits per heavy atom. The third-order valence-electron chi connectivity index (χ3n) is 4.86. The highest BCUT2D eigenvalue weighted by atomic mass is 79.9. The summed E-state index contributed by atoms with van der Waals surface area (Å²) in [4.78, 5) is 29.1. The summed E-state index contributed by atoms with van der Waals surface area (Å²) in [6, 6.07) is 7.22. The second-order valence-electron chi connectivity index (χ2n) is 6.73. The lowest BCUT2D eigenvalue weighted by atomic mass is 10.1. The summed E-state index contributed by atoms with van der Waals surface area (Å²) >= 11 is 4.77. The van der Waals surface area contributed by atoms with Gasteiger partial charge in [0.2, 0.25) is 0 Å². The Morgan fingerprint density at radius 1 is 1.30 bits per heavy atom. The van der Waals surface area contributed by atoms with Gasteiger partial charge in [-0.2, -0.15) is 0 Å². The predicted octanol–water partition coefficient (Wildman–Crippen LogP) is 3.31. The zero-order valence-corrected chi connectivity index (χ0v) is 18.8. The number of aryl methyl sites for hydroxylation is 2. The first-order chi connectivity index (χ1) is 14.3. The minimum absolute atomic E-state index is 0.141. The monoisotopic (exact) mass is 488 g/mol. The second kappa shape index (κ2) is 7.73. The quantitative estimate of drug-likeness (QED) is 0.463. The summed E-state index contributed by atoms with van der Waals surface area (Å²) in [6.45, 7) is 3.54. The highest BCUT2D eigenvalue weighted by molar-refractivity contribution is 9.10. The molecule has 0 radical (unpaired) electrons. The van der Waals surface area contributed by atoms with Crippen LogP contribution in [0.3, 0.4) is 0 Å². The van der Waals surface area contributed by atoms with E-state index in [0.717, 1.165) is 22.2 Å². The van der Waals surface area contributed by atoms with Crippen molar-refractivity contribution in [3.63, 3.8) is 0 Å². The molecule has 0 atom stereocenters. The first-order valence-corrected chi connectivity index (χ1v) is 10.6. The van der Waals surface area contributed by atoms with Gasteiger partial charge in [-0.15, -0.1) is 0 Å². The Morgan fingerprint density at radius 2 is 2.07 bits per heavy atom. The van der Waals surface area contributed by atoms with Crippen molar-refractivity contribution < 1.29 is 19.4 Å². The molecule has 0 spiro atoms. The number of carboxylic acid groups (broad SMARTS) is 1. The van der Waals surface area contributed by atoms with Gasteiger partial charge in [0.05, 0.1) is 22.7 Å². The van der Waals surface area contributed by atoms with Gasteiger partial charge in [-0.05, 0) is 54.8 Å². The number of nitrogens with zero attached hydrogens (tertiary/aromatic N) is 2. The van der Waals surface area contributed by atoms with Crippen LogP contribution in [0.25, 0.3) is 22.1 Å². The van der Waals surface area contributed by atoms with Crippen LogP contribution < -0.4 is 19.6 Å². The summed E-state index contributed by atoms with van der Waals surface area (Å²) < 4.78 is 13.4. The van der Waals surface area contributed by atoms with E-state index in [1.54, 1.807) is 22.6 Å². The lowest BCUT2D eigenvalue weighted by molar-refractivity contribution is -0.139. The lowest BCUT2D eigenvalue weighted by Crippen LogP contribution is -2.22. The Kier molecular flexibility index (Phi) is 5.25. The molecule has 1 N–H and O–H groups in total. The summed E-state index contributed by atoms with van der Waals surface area (Å²) in [7, 11) is 1.47. The van der Waals surface area contributed by atoms with Crippen LogP contribution in [0.2, 0.25) is 0 Å². The Balaban J connectivity index is 1.85. The Labute approximate surface area is 183 Å². The fourth-order valence-corrected chi connectivity index (χ4v) is 4.59. The third kappa shape index (κ3) is 3.44. The first kappa shape index (κ1) is 20.4. The lowest BCUT2D eigenvalue weighted by Gasteiger charge is -2.11. The molecule has 154 valence electrons. The molecule has 0 aliphatic carbocycles. The molecule has 0 saturated carbocycles. The van der Waals surface area contributed by atoms with Crippen molar-refractivity contribution >= 4 is 55.3 Å². The molecular formula is C21H17BrN2O5S. The predicted molar refractivity (Wildman–Crippen MR) is 119 cm³/mol. The zero-order chi connectivity index (χ0) is 21.6. The average molecular weight is 489 g/mol. The molecule has 0 saturated heterocycles. The summed E-state index contributed by atoms with van der Waals surface area (Å²) in [6.07, 6.45) is 1.75. The maximum absolute atomic E-state index is 13.1. The van der Waals surface area contributed by atoms with Crippen LogP contribution in [0, 0.1) is 13.8 Å². The minimum atomic E-state index is -1.08. The van der Waals surface area contributed by atoms with Crippen molar-refractivity contribution in [2.75, 3.05) is 13.7 Å². The minimum Gasteiger partial charge on any atom is -0.493 e. The largest absolute Gasteiger partial charge is 0.493 e. The SMILES string of the molecule is COc1cc(C=c2sc3nc4c(C)c(C)ccc4n3c2=O)c(Br)cc1OCC(=O)O. The van der Waals surface area contributed by atoms with E-state index in [2.05, 4.69) is 20.9 Å². The van der Waals surface area contributed by atoms with E-state index in [9.17, 15) is 9.59 Å². The number of aliphatic carboxylic acids is 1. The number of halogens is 1.